The van der Waals surface area contributed by atoms with E-state index in [2.05, 4.69) is 20.9 Å². The minimum absolute atomic E-state index is 0.305. The van der Waals surface area contributed by atoms with Crippen LogP contribution in [0.25, 0.3) is 5.52 Å². The number of aromatic nitrogens is 2. The molecule has 2 aromatic heterocycles. The molecule has 0 aromatic carbocycles. The topological polar surface area (TPSA) is 43.6 Å². The minimum Gasteiger partial charge on any atom is -0.460 e. The molecule has 0 atom stereocenters. The molecule has 2 heterocycles. The molecule has 0 saturated heterocycles. The van der Waals surface area contributed by atoms with Crippen molar-refractivity contribution < 1.29 is 9.53 Å². The van der Waals surface area contributed by atoms with Crippen LogP contribution in [0.5, 0.6) is 0 Å². The van der Waals surface area contributed by atoms with E-state index in [4.69, 9.17) is 4.74 Å². The third-order valence-corrected chi connectivity index (χ3v) is 2.45. The number of hydrogen-bond acceptors (Lipinski definition) is 3. The van der Waals surface area contributed by atoms with Gasteiger partial charge in [0.1, 0.15) is 0 Å². The molecule has 4 nitrogen and oxygen atoms in total. The van der Waals surface area contributed by atoms with E-state index in [0.717, 1.165) is 9.99 Å². The van der Waals surface area contributed by atoms with Crippen LogP contribution < -0.4 is 0 Å². The molecule has 2 rings (SSSR count). The van der Waals surface area contributed by atoms with Crippen molar-refractivity contribution >= 4 is 27.4 Å². The lowest BCUT2D eigenvalue weighted by molar-refractivity contribution is 0.0511. The summed E-state index contributed by atoms with van der Waals surface area (Å²) in [5.41, 5.74) is 0.854. The van der Waals surface area contributed by atoms with E-state index >= 15 is 0 Å². The van der Waals surface area contributed by atoms with Crippen molar-refractivity contribution in [2.75, 3.05) is 6.61 Å². The van der Waals surface area contributed by atoms with Gasteiger partial charge in [-0.15, -0.1) is 0 Å². The SMILES string of the molecule is CCOC(=O)c1ncc2cc(Br)ccn12. The lowest BCUT2D eigenvalue weighted by atomic mass is 10.4. The fourth-order valence-corrected chi connectivity index (χ4v) is 1.67. The number of rotatable bonds is 2. The second-order valence-corrected chi connectivity index (χ2v) is 3.86. The predicted molar refractivity (Wildman–Crippen MR) is 58.8 cm³/mol. The van der Waals surface area contributed by atoms with Gasteiger partial charge in [0.15, 0.2) is 0 Å². The maximum atomic E-state index is 11.5. The molecule has 0 saturated carbocycles. The first kappa shape index (κ1) is 10.2. The van der Waals surface area contributed by atoms with Crippen LogP contribution in [0.2, 0.25) is 0 Å². The fourth-order valence-electron chi connectivity index (χ4n) is 1.32. The predicted octanol–water partition coefficient (Wildman–Crippen LogP) is 2.27. The Hall–Kier alpha value is -1.36. The van der Waals surface area contributed by atoms with E-state index in [1.54, 1.807) is 23.7 Å². The first-order chi connectivity index (χ1) is 7.22. The zero-order valence-electron chi connectivity index (χ0n) is 8.11. The van der Waals surface area contributed by atoms with Crippen molar-refractivity contribution in [3.63, 3.8) is 0 Å². The third-order valence-electron chi connectivity index (χ3n) is 1.95. The average Bonchev–Trinajstić information content (AvgIpc) is 2.60. The second-order valence-electron chi connectivity index (χ2n) is 2.94. The summed E-state index contributed by atoms with van der Waals surface area (Å²) in [6.45, 7) is 2.12. The number of carbonyl (C=O) groups is 1. The van der Waals surface area contributed by atoms with Crippen LogP contribution in [0.3, 0.4) is 0 Å². The highest BCUT2D eigenvalue weighted by atomic mass is 79.9. The molecule has 0 aliphatic rings. The standard InChI is InChI=1S/C10H9BrN2O2/c1-2-15-10(14)9-12-6-8-5-7(11)3-4-13(8)9/h3-6H,2H2,1H3. The van der Waals surface area contributed by atoms with Gasteiger partial charge < -0.3 is 4.74 Å². The number of halogens is 1. The van der Waals surface area contributed by atoms with Crippen molar-refractivity contribution in [1.29, 1.82) is 0 Å². The number of fused-ring (bicyclic) bond motifs is 1. The van der Waals surface area contributed by atoms with Crippen LogP contribution in [0.1, 0.15) is 17.5 Å². The highest BCUT2D eigenvalue weighted by Gasteiger charge is 2.13. The van der Waals surface area contributed by atoms with Crippen LogP contribution in [0.15, 0.2) is 29.0 Å². The largest absolute Gasteiger partial charge is 0.460 e. The summed E-state index contributed by atoms with van der Waals surface area (Å²) in [5.74, 6) is -0.0980. The summed E-state index contributed by atoms with van der Waals surface area (Å²) < 4.78 is 7.54. The van der Waals surface area contributed by atoms with Crippen molar-refractivity contribution in [2.45, 2.75) is 6.92 Å². The number of nitrogens with zero attached hydrogens (tertiary/aromatic N) is 2. The molecule has 0 amide bonds. The Morgan fingerprint density at radius 1 is 1.67 bits per heavy atom. The molecule has 0 unspecified atom stereocenters. The molecule has 0 fully saturated rings. The van der Waals surface area contributed by atoms with Crippen LogP contribution in [-0.2, 0) is 4.74 Å². The number of esters is 1. The van der Waals surface area contributed by atoms with E-state index in [0.29, 0.717) is 12.4 Å². The number of pyridine rings is 1. The monoisotopic (exact) mass is 268 g/mol. The lowest BCUT2D eigenvalue weighted by Crippen LogP contribution is -2.09. The Morgan fingerprint density at radius 2 is 2.47 bits per heavy atom. The van der Waals surface area contributed by atoms with Crippen molar-refractivity contribution in [1.82, 2.24) is 9.38 Å². The maximum Gasteiger partial charge on any atom is 0.374 e. The number of carbonyl (C=O) groups excluding carboxylic acids is 1. The molecule has 78 valence electrons. The van der Waals surface area contributed by atoms with Crippen molar-refractivity contribution in [2.24, 2.45) is 0 Å². The Balaban J connectivity index is 2.49. The van der Waals surface area contributed by atoms with Gasteiger partial charge in [-0.3, -0.25) is 4.40 Å². The lowest BCUT2D eigenvalue weighted by Gasteiger charge is -2.00. The van der Waals surface area contributed by atoms with Gasteiger partial charge in [0, 0.05) is 10.7 Å². The number of hydrogen-bond donors (Lipinski definition) is 0. The first-order valence-corrected chi connectivity index (χ1v) is 5.31. The maximum absolute atomic E-state index is 11.5. The summed E-state index contributed by atoms with van der Waals surface area (Å²) in [6.07, 6.45) is 3.41. The Bertz CT molecular complexity index is 507. The smallest absolute Gasteiger partial charge is 0.374 e. The fraction of sp³-hybridized carbons (Fsp3) is 0.200. The van der Waals surface area contributed by atoms with Crippen LogP contribution >= 0.6 is 15.9 Å². The van der Waals surface area contributed by atoms with Crippen LogP contribution in [0.4, 0.5) is 0 Å². The molecular formula is C10H9BrN2O2. The zero-order chi connectivity index (χ0) is 10.8. The van der Waals surface area contributed by atoms with E-state index in [-0.39, 0.29) is 0 Å². The Labute approximate surface area is 95.0 Å². The highest BCUT2D eigenvalue weighted by Crippen LogP contribution is 2.14. The summed E-state index contributed by atoms with van der Waals surface area (Å²) in [7, 11) is 0. The van der Waals surface area contributed by atoms with Gasteiger partial charge in [-0.05, 0) is 19.1 Å². The highest BCUT2D eigenvalue weighted by molar-refractivity contribution is 9.10. The first-order valence-electron chi connectivity index (χ1n) is 4.52. The van der Waals surface area contributed by atoms with Crippen LogP contribution in [0, 0.1) is 0 Å². The van der Waals surface area contributed by atoms with Gasteiger partial charge in [0.05, 0.1) is 18.3 Å². The van der Waals surface area contributed by atoms with Crippen molar-refractivity contribution in [3.05, 3.63) is 34.8 Å². The third kappa shape index (κ3) is 1.87. The number of ether oxygens (including phenoxy) is 1. The van der Waals surface area contributed by atoms with Crippen molar-refractivity contribution in [3.8, 4) is 0 Å². The van der Waals surface area contributed by atoms with E-state index in [1.807, 2.05) is 12.1 Å². The van der Waals surface area contributed by atoms with Gasteiger partial charge in [-0.25, -0.2) is 9.78 Å². The van der Waals surface area contributed by atoms with Gasteiger partial charge in [-0.1, -0.05) is 15.9 Å². The normalized spacial score (nSPS) is 10.5. The van der Waals surface area contributed by atoms with E-state index in [9.17, 15) is 4.79 Å². The molecule has 0 bridgehead atoms. The second kappa shape index (κ2) is 4.02. The molecule has 5 heteroatoms. The number of imidazole rings is 1. The molecular weight excluding hydrogens is 260 g/mol. The van der Waals surface area contributed by atoms with Gasteiger partial charge in [-0.2, -0.15) is 0 Å². The van der Waals surface area contributed by atoms with Gasteiger partial charge in [0.2, 0.25) is 5.82 Å². The van der Waals surface area contributed by atoms with E-state index < -0.39 is 5.97 Å². The molecule has 0 N–H and O–H groups in total. The van der Waals surface area contributed by atoms with Gasteiger partial charge in [0.25, 0.3) is 0 Å². The van der Waals surface area contributed by atoms with E-state index in [1.165, 1.54) is 0 Å². The summed E-state index contributed by atoms with van der Waals surface area (Å²) in [5, 5.41) is 0. The summed E-state index contributed by atoms with van der Waals surface area (Å²) >= 11 is 3.35. The molecule has 0 aliphatic carbocycles. The quantitative estimate of drug-likeness (QED) is 0.785. The zero-order valence-corrected chi connectivity index (χ0v) is 9.69. The molecule has 15 heavy (non-hydrogen) atoms. The average molecular weight is 269 g/mol. The molecule has 0 spiro atoms. The molecule has 0 radical (unpaired) electrons. The van der Waals surface area contributed by atoms with Crippen LogP contribution in [-0.4, -0.2) is 22.0 Å². The molecule has 0 aliphatic heterocycles. The Kier molecular flexibility index (Phi) is 2.73. The minimum atomic E-state index is -0.403. The molecule has 2 aromatic rings. The summed E-state index contributed by atoms with van der Waals surface area (Å²) in [6, 6.07) is 3.73. The van der Waals surface area contributed by atoms with Gasteiger partial charge >= 0.3 is 5.97 Å². The summed E-state index contributed by atoms with van der Waals surface area (Å²) in [4.78, 5) is 15.5. The Morgan fingerprint density at radius 3 is 3.20 bits per heavy atom.